The highest BCUT2D eigenvalue weighted by Crippen LogP contribution is 2.22. The van der Waals surface area contributed by atoms with E-state index in [2.05, 4.69) is 26.4 Å². The number of aryl methyl sites for hydroxylation is 2. The van der Waals surface area contributed by atoms with Crippen LogP contribution in [0.3, 0.4) is 0 Å². The Balaban J connectivity index is 2.75. The number of benzene rings is 1. The van der Waals surface area contributed by atoms with Gasteiger partial charge in [-0.05, 0) is 44.9 Å². The van der Waals surface area contributed by atoms with E-state index in [1.54, 1.807) is 7.05 Å². The minimum Gasteiger partial charge on any atom is -0.244 e. The van der Waals surface area contributed by atoms with Crippen molar-refractivity contribution in [3.05, 3.63) is 38.7 Å². The van der Waals surface area contributed by atoms with Gasteiger partial charge in [-0.1, -0.05) is 12.1 Å². The van der Waals surface area contributed by atoms with Crippen molar-refractivity contribution in [2.24, 2.45) is 7.05 Å². The van der Waals surface area contributed by atoms with Gasteiger partial charge in [-0.3, -0.25) is 0 Å². The molecule has 0 aliphatic carbocycles. The molecule has 0 atom stereocenters. The predicted octanol–water partition coefficient (Wildman–Crippen LogP) is 1.04. The van der Waals surface area contributed by atoms with Crippen LogP contribution in [0.4, 0.5) is 0 Å². The third kappa shape index (κ3) is 1.61. The Kier molecular flexibility index (Phi) is 2.44. The van der Waals surface area contributed by atoms with Crippen molar-refractivity contribution in [2.45, 2.75) is 6.92 Å². The Hall–Kier alpha value is -1.43. The van der Waals surface area contributed by atoms with Crippen LogP contribution in [-0.2, 0) is 7.05 Å². The molecule has 0 spiro atoms. The van der Waals surface area contributed by atoms with E-state index in [0.717, 1.165) is 15.7 Å². The number of nitrogens with zero attached hydrogens (tertiary/aromatic N) is 4. The van der Waals surface area contributed by atoms with Crippen LogP contribution in [-0.4, -0.2) is 19.8 Å². The molecule has 1 aromatic carbocycles. The van der Waals surface area contributed by atoms with Crippen LogP contribution in [0.25, 0.3) is 5.69 Å². The lowest BCUT2D eigenvalue weighted by Gasteiger charge is -2.05. The van der Waals surface area contributed by atoms with Gasteiger partial charge in [0, 0.05) is 11.5 Å². The van der Waals surface area contributed by atoms with Gasteiger partial charge in [0.05, 0.1) is 5.69 Å². The molecule has 0 amide bonds. The fourth-order valence-electron chi connectivity index (χ4n) is 1.35. The monoisotopic (exact) mass is 268 g/mol. The summed E-state index contributed by atoms with van der Waals surface area (Å²) in [7, 11) is 1.57. The molecule has 0 saturated carbocycles. The molecule has 0 fully saturated rings. The number of rotatable bonds is 1. The smallest absolute Gasteiger partial charge is 0.244 e. The summed E-state index contributed by atoms with van der Waals surface area (Å²) in [6, 6.07) is 5.69. The molecular weight excluding hydrogens is 260 g/mol. The van der Waals surface area contributed by atoms with E-state index in [1.165, 1.54) is 9.36 Å². The summed E-state index contributed by atoms with van der Waals surface area (Å²) in [5.41, 5.74) is 1.44. The van der Waals surface area contributed by atoms with Crippen molar-refractivity contribution in [2.75, 3.05) is 0 Å². The predicted molar refractivity (Wildman–Crippen MR) is 59.0 cm³/mol. The van der Waals surface area contributed by atoms with Gasteiger partial charge in [0.25, 0.3) is 0 Å². The summed E-state index contributed by atoms with van der Waals surface area (Å²) in [4.78, 5) is 11.7. The second-order valence-electron chi connectivity index (χ2n) is 3.20. The molecule has 1 heterocycles. The lowest BCUT2D eigenvalue weighted by atomic mass is 10.2. The quantitative estimate of drug-likeness (QED) is 0.777. The topological polar surface area (TPSA) is 52.7 Å². The van der Waals surface area contributed by atoms with Crippen LogP contribution < -0.4 is 5.69 Å². The van der Waals surface area contributed by atoms with E-state index in [-0.39, 0.29) is 5.69 Å². The minimum atomic E-state index is -0.259. The highest BCUT2D eigenvalue weighted by atomic mass is 79.9. The molecule has 0 unspecified atom stereocenters. The van der Waals surface area contributed by atoms with Gasteiger partial charge in [-0.2, -0.15) is 9.36 Å². The van der Waals surface area contributed by atoms with Crippen molar-refractivity contribution in [1.29, 1.82) is 0 Å². The Bertz CT molecular complexity index is 537. The first-order valence-electron chi connectivity index (χ1n) is 4.36. The second-order valence-corrected chi connectivity index (χ2v) is 4.06. The van der Waals surface area contributed by atoms with Gasteiger partial charge in [0.2, 0.25) is 0 Å². The number of hydrogen-bond donors (Lipinski definition) is 0. The van der Waals surface area contributed by atoms with Crippen LogP contribution in [0, 0.1) is 6.92 Å². The van der Waals surface area contributed by atoms with E-state index >= 15 is 0 Å². The molecule has 0 N–H and O–H groups in total. The van der Waals surface area contributed by atoms with Gasteiger partial charge in [0.1, 0.15) is 0 Å². The molecule has 0 aliphatic rings. The van der Waals surface area contributed by atoms with E-state index in [4.69, 9.17) is 0 Å². The van der Waals surface area contributed by atoms with Gasteiger partial charge >= 0.3 is 5.69 Å². The average molecular weight is 269 g/mol. The van der Waals surface area contributed by atoms with Crippen molar-refractivity contribution < 1.29 is 0 Å². The largest absolute Gasteiger partial charge is 0.368 e. The summed E-state index contributed by atoms with van der Waals surface area (Å²) in [5, 5.41) is 7.47. The van der Waals surface area contributed by atoms with Crippen LogP contribution in [0.15, 0.2) is 27.5 Å². The molecule has 0 bridgehead atoms. The molecule has 15 heavy (non-hydrogen) atoms. The first kappa shape index (κ1) is 10.1. The van der Waals surface area contributed by atoms with Crippen LogP contribution >= 0.6 is 15.9 Å². The summed E-state index contributed by atoms with van der Waals surface area (Å²) in [6.07, 6.45) is 0. The molecule has 5 nitrogen and oxygen atoms in total. The summed E-state index contributed by atoms with van der Waals surface area (Å²) in [6.45, 7) is 1.92. The van der Waals surface area contributed by atoms with E-state index in [9.17, 15) is 4.79 Å². The number of halogens is 1. The summed E-state index contributed by atoms with van der Waals surface area (Å²) < 4.78 is 3.29. The minimum absolute atomic E-state index is 0.259. The Morgan fingerprint density at radius 1 is 1.33 bits per heavy atom. The molecule has 78 valence electrons. The first-order valence-corrected chi connectivity index (χ1v) is 5.15. The lowest BCUT2D eigenvalue weighted by molar-refractivity contribution is 0.692. The number of tetrazole rings is 1. The molecule has 0 saturated heterocycles. The van der Waals surface area contributed by atoms with Crippen LogP contribution in [0.1, 0.15) is 5.56 Å². The van der Waals surface area contributed by atoms with Gasteiger partial charge in [-0.15, -0.1) is 0 Å². The van der Waals surface area contributed by atoms with Gasteiger partial charge < -0.3 is 0 Å². The highest BCUT2D eigenvalue weighted by molar-refractivity contribution is 9.10. The fourth-order valence-corrected chi connectivity index (χ4v) is 1.98. The zero-order valence-corrected chi connectivity index (χ0v) is 9.89. The Labute approximate surface area is 94.4 Å². The second kappa shape index (κ2) is 3.62. The Morgan fingerprint density at radius 3 is 2.60 bits per heavy atom. The SMILES string of the molecule is Cc1cccc(Br)c1-n1nnn(C)c1=O. The Morgan fingerprint density at radius 2 is 2.07 bits per heavy atom. The standard InChI is InChI=1S/C9H9BrN4O/c1-6-4-3-5-7(10)8(6)14-9(15)13(2)11-12-14/h3-5H,1-2H3. The summed E-state index contributed by atoms with van der Waals surface area (Å²) in [5.74, 6) is 0. The molecule has 6 heteroatoms. The van der Waals surface area contributed by atoms with Gasteiger partial charge in [-0.25, -0.2) is 4.79 Å². The van der Waals surface area contributed by atoms with Crippen LogP contribution in [0.5, 0.6) is 0 Å². The molecular formula is C9H9BrN4O. The van der Waals surface area contributed by atoms with Crippen molar-refractivity contribution in [3.8, 4) is 5.69 Å². The molecule has 0 aliphatic heterocycles. The zero-order valence-electron chi connectivity index (χ0n) is 8.31. The zero-order chi connectivity index (χ0) is 11.0. The third-order valence-electron chi connectivity index (χ3n) is 2.12. The number of hydrogen-bond acceptors (Lipinski definition) is 3. The normalized spacial score (nSPS) is 10.6. The number of para-hydroxylation sites is 1. The molecule has 2 aromatic rings. The average Bonchev–Trinajstić information content (AvgIpc) is 2.49. The maximum Gasteiger partial charge on any atom is 0.368 e. The third-order valence-corrected chi connectivity index (χ3v) is 2.76. The van der Waals surface area contributed by atoms with E-state index in [0.29, 0.717) is 0 Å². The van der Waals surface area contributed by atoms with Gasteiger partial charge in [0.15, 0.2) is 0 Å². The van der Waals surface area contributed by atoms with Crippen molar-refractivity contribution in [3.63, 3.8) is 0 Å². The van der Waals surface area contributed by atoms with E-state index in [1.807, 2.05) is 25.1 Å². The lowest BCUT2D eigenvalue weighted by Crippen LogP contribution is -2.22. The van der Waals surface area contributed by atoms with E-state index < -0.39 is 0 Å². The van der Waals surface area contributed by atoms with Crippen molar-refractivity contribution >= 4 is 15.9 Å². The molecule has 2 rings (SSSR count). The van der Waals surface area contributed by atoms with Crippen molar-refractivity contribution in [1.82, 2.24) is 19.8 Å². The number of aromatic nitrogens is 4. The highest BCUT2D eigenvalue weighted by Gasteiger charge is 2.11. The maximum atomic E-state index is 11.7. The molecule has 1 aromatic heterocycles. The first-order chi connectivity index (χ1) is 7.11. The van der Waals surface area contributed by atoms with Crippen LogP contribution in [0.2, 0.25) is 0 Å². The fraction of sp³-hybridized carbons (Fsp3) is 0.222. The maximum absolute atomic E-state index is 11.7. The summed E-state index contributed by atoms with van der Waals surface area (Å²) >= 11 is 3.39. The molecule has 0 radical (unpaired) electrons.